The highest BCUT2D eigenvalue weighted by Gasteiger charge is 2.05. The fraction of sp³-hybridized carbons (Fsp3) is 0.111. The summed E-state index contributed by atoms with van der Waals surface area (Å²) in [5.41, 5.74) is 6.84. The van der Waals surface area contributed by atoms with Gasteiger partial charge in [-0.05, 0) is 17.7 Å². The second kappa shape index (κ2) is 3.80. The molecule has 0 unspecified atom stereocenters. The Morgan fingerprint density at radius 1 is 1.38 bits per heavy atom. The lowest BCUT2D eigenvalue weighted by Gasteiger charge is -2.02. The normalized spacial score (nSPS) is 8.85. The molecule has 1 aromatic carbocycles. The molecule has 0 atom stereocenters. The van der Waals surface area contributed by atoms with Crippen molar-refractivity contribution in [3.63, 3.8) is 0 Å². The minimum Gasteiger partial charge on any atom is -0.398 e. The van der Waals surface area contributed by atoms with Gasteiger partial charge in [0, 0.05) is 5.02 Å². The molecule has 0 aliphatic heterocycles. The third kappa shape index (κ3) is 1.90. The minimum absolute atomic E-state index is 0.188. The number of hydrogen-bond acceptors (Lipinski definition) is 3. The van der Waals surface area contributed by atoms with Crippen LogP contribution in [0.1, 0.15) is 11.1 Å². The first-order valence-electron chi connectivity index (χ1n) is 3.54. The number of hydrogen-bond donors (Lipinski definition) is 1. The van der Waals surface area contributed by atoms with E-state index in [4.69, 9.17) is 27.9 Å². The summed E-state index contributed by atoms with van der Waals surface area (Å²) in [4.78, 5) is 0. The molecule has 0 aliphatic rings. The van der Waals surface area contributed by atoms with E-state index in [9.17, 15) is 0 Å². The smallest absolute Gasteiger partial charge is 0.101 e. The number of anilines is 1. The third-order valence-electron chi connectivity index (χ3n) is 1.61. The van der Waals surface area contributed by atoms with Crippen LogP contribution in [0.25, 0.3) is 0 Å². The van der Waals surface area contributed by atoms with Crippen LogP contribution in [0.5, 0.6) is 0 Å². The topological polar surface area (TPSA) is 73.6 Å². The van der Waals surface area contributed by atoms with Crippen LogP contribution in [0.4, 0.5) is 5.69 Å². The van der Waals surface area contributed by atoms with Gasteiger partial charge in [0.2, 0.25) is 0 Å². The van der Waals surface area contributed by atoms with Crippen molar-refractivity contribution in [2.45, 2.75) is 6.42 Å². The summed E-state index contributed by atoms with van der Waals surface area (Å²) in [5, 5.41) is 17.5. The molecule has 0 aromatic heterocycles. The van der Waals surface area contributed by atoms with E-state index in [1.165, 1.54) is 6.07 Å². The Morgan fingerprint density at radius 2 is 2.08 bits per heavy atom. The molecular weight excluding hydrogens is 186 g/mol. The summed E-state index contributed by atoms with van der Waals surface area (Å²) in [6, 6.07) is 6.92. The van der Waals surface area contributed by atoms with Crippen molar-refractivity contribution in [3.05, 3.63) is 28.3 Å². The van der Waals surface area contributed by atoms with Crippen molar-refractivity contribution >= 4 is 17.3 Å². The number of halogens is 1. The Labute approximate surface area is 81.0 Å². The first-order valence-corrected chi connectivity index (χ1v) is 3.91. The summed E-state index contributed by atoms with van der Waals surface area (Å²) >= 11 is 5.80. The molecule has 0 spiro atoms. The Morgan fingerprint density at radius 3 is 2.62 bits per heavy atom. The van der Waals surface area contributed by atoms with E-state index in [0.29, 0.717) is 21.8 Å². The fourth-order valence-corrected chi connectivity index (χ4v) is 1.19. The molecule has 13 heavy (non-hydrogen) atoms. The van der Waals surface area contributed by atoms with E-state index in [0.717, 1.165) is 0 Å². The molecular formula is C9H6ClN3. The van der Waals surface area contributed by atoms with Crippen molar-refractivity contribution in [2.24, 2.45) is 0 Å². The molecule has 0 heterocycles. The first-order chi connectivity index (χ1) is 6.19. The van der Waals surface area contributed by atoms with Crippen molar-refractivity contribution in [2.75, 3.05) is 5.73 Å². The van der Waals surface area contributed by atoms with Gasteiger partial charge in [0.15, 0.2) is 0 Å². The molecule has 0 bridgehead atoms. The van der Waals surface area contributed by atoms with E-state index >= 15 is 0 Å². The van der Waals surface area contributed by atoms with Crippen LogP contribution in [0.15, 0.2) is 12.1 Å². The van der Waals surface area contributed by atoms with Crippen LogP contribution >= 0.6 is 11.6 Å². The highest BCUT2D eigenvalue weighted by atomic mass is 35.5. The van der Waals surface area contributed by atoms with E-state index in [1.807, 2.05) is 12.1 Å². The third-order valence-corrected chi connectivity index (χ3v) is 1.96. The molecule has 3 nitrogen and oxygen atoms in total. The van der Waals surface area contributed by atoms with Gasteiger partial charge in [-0.3, -0.25) is 0 Å². The zero-order chi connectivity index (χ0) is 9.84. The second-order valence-corrected chi connectivity index (χ2v) is 2.88. The molecule has 2 N–H and O–H groups in total. The predicted molar refractivity (Wildman–Crippen MR) is 49.9 cm³/mol. The molecule has 0 saturated carbocycles. The van der Waals surface area contributed by atoms with Crippen LogP contribution in [0.3, 0.4) is 0 Å². The van der Waals surface area contributed by atoms with Crippen molar-refractivity contribution < 1.29 is 0 Å². The van der Waals surface area contributed by atoms with E-state index in [-0.39, 0.29) is 6.42 Å². The van der Waals surface area contributed by atoms with Gasteiger partial charge in [-0.2, -0.15) is 10.5 Å². The molecule has 0 amide bonds. The molecule has 1 aromatic rings. The SMILES string of the molecule is N#CCc1cc(C#N)c(N)cc1Cl. The lowest BCUT2D eigenvalue weighted by molar-refractivity contribution is 1.26. The quantitative estimate of drug-likeness (QED) is 0.689. The summed E-state index contributed by atoms with van der Waals surface area (Å²) in [6.07, 6.45) is 0.188. The maximum absolute atomic E-state index is 8.65. The van der Waals surface area contributed by atoms with Gasteiger partial charge in [-0.15, -0.1) is 0 Å². The number of nitrogens with zero attached hydrogens (tertiary/aromatic N) is 2. The molecule has 1 rings (SSSR count). The Kier molecular flexibility index (Phi) is 2.74. The van der Waals surface area contributed by atoms with Gasteiger partial charge in [-0.25, -0.2) is 0 Å². The maximum Gasteiger partial charge on any atom is 0.101 e. The van der Waals surface area contributed by atoms with Gasteiger partial charge in [-0.1, -0.05) is 11.6 Å². The Balaban J connectivity index is 3.26. The van der Waals surface area contributed by atoms with Gasteiger partial charge < -0.3 is 5.73 Å². The Hall–Kier alpha value is -1.71. The minimum atomic E-state index is 0.188. The highest BCUT2D eigenvalue weighted by molar-refractivity contribution is 6.31. The summed E-state index contributed by atoms with van der Waals surface area (Å²) in [5.74, 6) is 0. The molecule has 4 heteroatoms. The average Bonchev–Trinajstić information content (AvgIpc) is 2.10. The van der Waals surface area contributed by atoms with Crippen molar-refractivity contribution in [1.82, 2.24) is 0 Å². The first kappa shape index (κ1) is 9.38. The molecule has 64 valence electrons. The standard InChI is InChI=1S/C9H6ClN3/c10-8-4-9(13)7(5-12)3-6(8)1-2-11/h3-4H,1,13H2. The van der Waals surface area contributed by atoms with Crippen molar-refractivity contribution in [3.8, 4) is 12.1 Å². The molecule has 0 saturated heterocycles. The molecule has 0 aliphatic carbocycles. The van der Waals surface area contributed by atoms with E-state index in [1.54, 1.807) is 6.07 Å². The van der Waals surface area contributed by atoms with Crippen LogP contribution in [-0.4, -0.2) is 0 Å². The monoisotopic (exact) mass is 191 g/mol. The van der Waals surface area contributed by atoms with Gasteiger partial charge in [0.25, 0.3) is 0 Å². The summed E-state index contributed by atoms with van der Waals surface area (Å²) in [6.45, 7) is 0. The number of nitrogen functional groups attached to an aromatic ring is 1. The van der Waals surface area contributed by atoms with Gasteiger partial charge in [0.1, 0.15) is 6.07 Å². The maximum atomic E-state index is 8.65. The summed E-state index contributed by atoms with van der Waals surface area (Å²) in [7, 11) is 0. The zero-order valence-corrected chi connectivity index (χ0v) is 7.47. The number of rotatable bonds is 1. The van der Waals surface area contributed by atoms with Gasteiger partial charge in [0.05, 0.1) is 23.7 Å². The lowest BCUT2D eigenvalue weighted by Crippen LogP contribution is -1.93. The number of nitriles is 2. The van der Waals surface area contributed by atoms with Crippen molar-refractivity contribution in [1.29, 1.82) is 10.5 Å². The van der Waals surface area contributed by atoms with Crippen LogP contribution in [-0.2, 0) is 6.42 Å². The van der Waals surface area contributed by atoms with E-state index < -0.39 is 0 Å². The summed E-state index contributed by atoms with van der Waals surface area (Å²) < 4.78 is 0. The van der Waals surface area contributed by atoms with Crippen LogP contribution in [0, 0.1) is 22.7 Å². The van der Waals surface area contributed by atoms with Crippen LogP contribution in [0.2, 0.25) is 5.02 Å². The average molecular weight is 192 g/mol. The highest BCUT2D eigenvalue weighted by Crippen LogP contribution is 2.23. The largest absolute Gasteiger partial charge is 0.398 e. The zero-order valence-electron chi connectivity index (χ0n) is 6.71. The molecule has 0 radical (unpaired) electrons. The number of benzene rings is 1. The number of nitrogens with two attached hydrogens (primary N) is 1. The van der Waals surface area contributed by atoms with E-state index in [2.05, 4.69) is 0 Å². The predicted octanol–water partition coefficient (Wildman–Crippen LogP) is 1.86. The van der Waals surface area contributed by atoms with Gasteiger partial charge >= 0.3 is 0 Å². The lowest BCUT2D eigenvalue weighted by atomic mass is 10.1. The van der Waals surface area contributed by atoms with Crippen LogP contribution < -0.4 is 5.73 Å². The molecule has 0 fully saturated rings. The second-order valence-electron chi connectivity index (χ2n) is 2.48. The Bertz CT molecular complexity index is 412. The fourth-order valence-electron chi connectivity index (χ4n) is 0.951.